The number of ketones is 1. The molecule has 0 aromatic heterocycles. The van der Waals surface area contributed by atoms with E-state index in [0.717, 1.165) is 11.3 Å². The summed E-state index contributed by atoms with van der Waals surface area (Å²) in [7, 11) is 1.60. The molecule has 136 valence electrons. The van der Waals surface area contributed by atoms with Crippen molar-refractivity contribution in [1.82, 2.24) is 5.32 Å². The maximum Gasteiger partial charge on any atom is 0.233 e. The minimum Gasteiger partial charge on any atom is -0.497 e. The van der Waals surface area contributed by atoms with E-state index in [9.17, 15) is 14.4 Å². The molecule has 0 aliphatic rings. The number of hydrogen-bond acceptors (Lipinski definition) is 4. The van der Waals surface area contributed by atoms with Crippen molar-refractivity contribution in [3.05, 3.63) is 59.7 Å². The molecule has 0 aliphatic heterocycles. The molecule has 0 saturated heterocycles. The second kappa shape index (κ2) is 9.36. The van der Waals surface area contributed by atoms with Gasteiger partial charge in [0.15, 0.2) is 5.78 Å². The molecular formula is C20H22N2O4. The maximum absolute atomic E-state index is 11.9. The second-order valence-corrected chi connectivity index (χ2v) is 5.81. The van der Waals surface area contributed by atoms with Gasteiger partial charge in [0.25, 0.3) is 0 Å². The summed E-state index contributed by atoms with van der Waals surface area (Å²) in [6.07, 6.45) is 0.369. The quantitative estimate of drug-likeness (QED) is 0.564. The third-order valence-electron chi connectivity index (χ3n) is 3.74. The van der Waals surface area contributed by atoms with Gasteiger partial charge in [-0.25, -0.2) is 0 Å². The number of methoxy groups -OCH3 is 1. The molecule has 0 radical (unpaired) electrons. The molecule has 0 fully saturated rings. The van der Waals surface area contributed by atoms with Crippen LogP contribution in [0.2, 0.25) is 0 Å². The molecule has 0 bridgehead atoms. The van der Waals surface area contributed by atoms with Crippen LogP contribution in [0.15, 0.2) is 48.5 Å². The molecule has 0 atom stereocenters. The lowest BCUT2D eigenvalue weighted by molar-refractivity contribution is -0.126. The van der Waals surface area contributed by atoms with Crippen molar-refractivity contribution in [2.75, 3.05) is 19.0 Å². The molecule has 0 heterocycles. The zero-order valence-electron chi connectivity index (χ0n) is 14.9. The van der Waals surface area contributed by atoms with Gasteiger partial charge in [-0.2, -0.15) is 0 Å². The summed E-state index contributed by atoms with van der Waals surface area (Å²) in [5.41, 5.74) is 2.03. The van der Waals surface area contributed by atoms with Crippen LogP contribution in [-0.4, -0.2) is 31.3 Å². The first-order valence-electron chi connectivity index (χ1n) is 8.28. The highest BCUT2D eigenvalue weighted by molar-refractivity contribution is 6.04. The van der Waals surface area contributed by atoms with Crippen molar-refractivity contribution in [3.63, 3.8) is 0 Å². The number of benzene rings is 2. The molecule has 0 spiro atoms. The first kappa shape index (κ1) is 19.2. The molecular weight excluding hydrogens is 332 g/mol. The molecule has 2 aromatic rings. The Bertz CT molecular complexity index is 802. The summed E-state index contributed by atoms with van der Waals surface area (Å²) >= 11 is 0. The number of rotatable bonds is 8. The summed E-state index contributed by atoms with van der Waals surface area (Å²) in [6.45, 7) is 1.88. The van der Waals surface area contributed by atoms with Crippen molar-refractivity contribution in [2.24, 2.45) is 0 Å². The first-order chi connectivity index (χ1) is 12.5. The van der Waals surface area contributed by atoms with Gasteiger partial charge in [0, 0.05) is 17.8 Å². The van der Waals surface area contributed by atoms with E-state index in [-0.39, 0.29) is 18.1 Å². The standard InChI is InChI=1S/C20H22N2O4/c1-14(23)16-6-4-7-17(12-16)22-20(25)13-19(24)21-10-9-15-5-3-8-18(11-15)26-2/h3-8,11-12H,9-10,13H2,1-2H3,(H,21,24)(H,22,25). The Morgan fingerprint density at radius 2 is 1.77 bits per heavy atom. The van der Waals surface area contributed by atoms with Crippen molar-refractivity contribution in [2.45, 2.75) is 19.8 Å². The lowest BCUT2D eigenvalue weighted by Gasteiger charge is -2.08. The lowest BCUT2D eigenvalue weighted by atomic mass is 10.1. The van der Waals surface area contributed by atoms with Gasteiger partial charge in [-0.15, -0.1) is 0 Å². The van der Waals surface area contributed by atoms with Crippen LogP contribution in [-0.2, 0) is 16.0 Å². The Kier molecular flexibility index (Phi) is 6.91. The third kappa shape index (κ3) is 6.05. The maximum atomic E-state index is 11.9. The topological polar surface area (TPSA) is 84.5 Å². The minimum absolute atomic E-state index is 0.0867. The van der Waals surface area contributed by atoms with Gasteiger partial charge in [-0.1, -0.05) is 24.3 Å². The number of hydrogen-bond donors (Lipinski definition) is 2. The molecule has 2 N–H and O–H groups in total. The van der Waals surface area contributed by atoms with Gasteiger partial charge in [0.2, 0.25) is 11.8 Å². The largest absolute Gasteiger partial charge is 0.497 e. The fraction of sp³-hybridized carbons (Fsp3) is 0.250. The Morgan fingerprint density at radius 3 is 2.50 bits per heavy atom. The lowest BCUT2D eigenvalue weighted by Crippen LogP contribution is -2.29. The molecule has 2 aromatic carbocycles. The Labute approximate surface area is 152 Å². The van der Waals surface area contributed by atoms with Crippen LogP contribution in [0.1, 0.15) is 29.3 Å². The zero-order chi connectivity index (χ0) is 18.9. The van der Waals surface area contributed by atoms with Gasteiger partial charge in [0.1, 0.15) is 12.2 Å². The van der Waals surface area contributed by atoms with Crippen molar-refractivity contribution in [1.29, 1.82) is 0 Å². The first-order valence-corrected chi connectivity index (χ1v) is 8.28. The predicted octanol–water partition coefficient (Wildman–Crippen LogP) is 2.59. The molecule has 0 unspecified atom stereocenters. The van der Waals surface area contributed by atoms with Crippen molar-refractivity contribution < 1.29 is 19.1 Å². The normalized spacial score (nSPS) is 10.1. The summed E-state index contributed by atoms with van der Waals surface area (Å²) in [5.74, 6) is -0.102. The predicted molar refractivity (Wildman–Crippen MR) is 99.4 cm³/mol. The number of carbonyl (C=O) groups is 3. The van der Waals surface area contributed by atoms with Crippen molar-refractivity contribution >= 4 is 23.3 Å². The number of Topliss-reactive ketones (excluding diaryl/α,β-unsaturated/α-hetero) is 1. The number of anilines is 1. The molecule has 0 aliphatic carbocycles. The van der Waals surface area contributed by atoms with E-state index in [0.29, 0.717) is 24.2 Å². The van der Waals surface area contributed by atoms with Crippen LogP contribution in [0.4, 0.5) is 5.69 Å². The highest BCUT2D eigenvalue weighted by Crippen LogP contribution is 2.13. The average molecular weight is 354 g/mol. The van der Waals surface area contributed by atoms with Gasteiger partial charge < -0.3 is 15.4 Å². The fourth-order valence-corrected chi connectivity index (χ4v) is 2.40. The van der Waals surface area contributed by atoms with E-state index in [1.165, 1.54) is 6.92 Å². The summed E-state index contributed by atoms with van der Waals surface area (Å²) < 4.78 is 5.15. The van der Waals surface area contributed by atoms with E-state index < -0.39 is 5.91 Å². The molecule has 6 nitrogen and oxygen atoms in total. The van der Waals surface area contributed by atoms with Gasteiger partial charge in [-0.05, 0) is 43.2 Å². The number of carbonyl (C=O) groups excluding carboxylic acids is 3. The van der Waals surface area contributed by atoms with E-state index in [4.69, 9.17) is 4.74 Å². The summed E-state index contributed by atoms with van der Waals surface area (Å²) in [4.78, 5) is 35.2. The highest BCUT2D eigenvalue weighted by atomic mass is 16.5. The Hall–Kier alpha value is -3.15. The van der Waals surface area contributed by atoms with Crippen LogP contribution in [0.3, 0.4) is 0 Å². The van der Waals surface area contributed by atoms with Gasteiger partial charge in [-0.3, -0.25) is 14.4 Å². The van der Waals surface area contributed by atoms with Crippen molar-refractivity contribution in [3.8, 4) is 5.75 Å². The van der Waals surface area contributed by atoms with E-state index in [2.05, 4.69) is 10.6 Å². The van der Waals surface area contributed by atoms with Crippen LogP contribution in [0.25, 0.3) is 0 Å². The Balaban J connectivity index is 1.77. The van der Waals surface area contributed by atoms with Gasteiger partial charge >= 0.3 is 0 Å². The second-order valence-electron chi connectivity index (χ2n) is 5.81. The number of amides is 2. The highest BCUT2D eigenvalue weighted by Gasteiger charge is 2.10. The van der Waals surface area contributed by atoms with Crippen LogP contribution in [0, 0.1) is 0 Å². The molecule has 6 heteroatoms. The fourth-order valence-electron chi connectivity index (χ4n) is 2.40. The molecule has 0 saturated carbocycles. The Morgan fingerprint density at radius 1 is 1.00 bits per heavy atom. The smallest absolute Gasteiger partial charge is 0.233 e. The third-order valence-corrected chi connectivity index (χ3v) is 3.74. The average Bonchev–Trinajstić information content (AvgIpc) is 2.62. The molecule has 2 amide bonds. The SMILES string of the molecule is COc1cccc(CCNC(=O)CC(=O)Nc2cccc(C(C)=O)c2)c1. The minimum atomic E-state index is -0.426. The van der Waals surface area contributed by atoms with Crippen LogP contribution >= 0.6 is 0 Å². The van der Waals surface area contributed by atoms with E-state index >= 15 is 0 Å². The van der Waals surface area contributed by atoms with Crippen LogP contribution < -0.4 is 15.4 Å². The zero-order valence-corrected chi connectivity index (χ0v) is 14.9. The molecule has 2 rings (SSSR count). The van der Waals surface area contributed by atoms with E-state index in [1.807, 2.05) is 24.3 Å². The van der Waals surface area contributed by atoms with Crippen LogP contribution in [0.5, 0.6) is 5.75 Å². The summed E-state index contributed by atoms with van der Waals surface area (Å²) in [5, 5.41) is 5.34. The molecule has 26 heavy (non-hydrogen) atoms. The number of ether oxygens (including phenoxy) is 1. The summed E-state index contributed by atoms with van der Waals surface area (Å²) in [6, 6.07) is 14.2. The number of nitrogens with one attached hydrogen (secondary N) is 2. The van der Waals surface area contributed by atoms with E-state index in [1.54, 1.807) is 31.4 Å². The van der Waals surface area contributed by atoms with Gasteiger partial charge in [0.05, 0.1) is 7.11 Å². The monoisotopic (exact) mass is 354 g/mol.